The lowest BCUT2D eigenvalue weighted by atomic mass is 9.96. The van der Waals surface area contributed by atoms with Gasteiger partial charge in [-0.05, 0) is 26.3 Å². The quantitative estimate of drug-likeness (QED) is 0.566. The van der Waals surface area contributed by atoms with Gasteiger partial charge in [0, 0.05) is 18.4 Å². The maximum Gasteiger partial charge on any atom is 0.273 e. The summed E-state index contributed by atoms with van der Waals surface area (Å²) in [6, 6.07) is 1.61. The average molecular weight is 323 g/mol. The molecule has 3 amide bonds. The highest BCUT2D eigenvalue weighted by molar-refractivity contribution is 5.96. The summed E-state index contributed by atoms with van der Waals surface area (Å²) in [7, 11) is 0. The van der Waals surface area contributed by atoms with Crippen molar-refractivity contribution in [2.24, 2.45) is 5.41 Å². The zero-order valence-electron chi connectivity index (χ0n) is 14.3. The van der Waals surface area contributed by atoms with Crippen molar-refractivity contribution in [1.82, 2.24) is 16.2 Å². The molecular weight excluding hydrogens is 298 g/mol. The Balaban J connectivity index is 2.26. The Labute approximate surface area is 136 Å². The molecule has 0 aliphatic rings. The van der Waals surface area contributed by atoms with Crippen LogP contribution >= 0.6 is 0 Å². The molecule has 0 aliphatic heterocycles. The molecule has 0 saturated heterocycles. The van der Waals surface area contributed by atoms with Crippen molar-refractivity contribution >= 4 is 17.7 Å². The number of rotatable bonds is 5. The van der Waals surface area contributed by atoms with Crippen molar-refractivity contribution in [2.45, 2.75) is 47.5 Å². The van der Waals surface area contributed by atoms with Gasteiger partial charge in [-0.15, -0.1) is 0 Å². The lowest BCUT2D eigenvalue weighted by molar-refractivity contribution is -0.128. The molecule has 1 aromatic rings. The lowest BCUT2D eigenvalue weighted by Gasteiger charge is -2.17. The maximum absolute atomic E-state index is 11.9. The minimum atomic E-state index is -0.448. The van der Waals surface area contributed by atoms with E-state index in [1.165, 1.54) is 0 Å². The van der Waals surface area contributed by atoms with Crippen LogP contribution in [0.15, 0.2) is 10.5 Å². The number of amides is 3. The molecule has 1 aromatic heterocycles. The van der Waals surface area contributed by atoms with Gasteiger partial charge in [0.2, 0.25) is 11.8 Å². The molecule has 0 saturated carbocycles. The van der Waals surface area contributed by atoms with Crippen LogP contribution in [0.4, 0.5) is 0 Å². The van der Waals surface area contributed by atoms with Gasteiger partial charge in [0.1, 0.15) is 11.5 Å². The smallest absolute Gasteiger partial charge is 0.273 e. The Bertz CT molecular complexity index is 585. The predicted molar refractivity (Wildman–Crippen MR) is 85.5 cm³/mol. The van der Waals surface area contributed by atoms with E-state index in [1.54, 1.807) is 19.9 Å². The molecule has 0 fully saturated rings. The lowest BCUT2D eigenvalue weighted by Crippen LogP contribution is -2.42. The van der Waals surface area contributed by atoms with Gasteiger partial charge >= 0.3 is 0 Å². The molecular formula is C16H25N3O4. The number of hydrazine groups is 1. The van der Waals surface area contributed by atoms with E-state index in [0.717, 1.165) is 0 Å². The van der Waals surface area contributed by atoms with E-state index in [-0.39, 0.29) is 18.2 Å². The monoisotopic (exact) mass is 323 g/mol. The number of carbonyl (C=O) groups is 3. The zero-order chi connectivity index (χ0) is 17.6. The second-order valence-electron chi connectivity index (χ2n) is 6.44. The second kappa shape index (κ2) is 7.80. The minimum Gasteiger partial charge on any atom is -0.466 e. The molecule has 7 nitrogen and oxygen atoms in total. The first-order valence-corrected chi connectivity index (χ1v) is 7.56. The fourth-order valence-corrected chi connectivity index (χ4v) is 1.83. The van der Waals surface area contributed by atoms with Crippen LogP contribution in [0, 0.1) is 19.3 Å². The summed E-state index contributed by atoms with van der Waals surface area (Å²) in [5.41, 5.74) is 4.63. The summed E-state index contributed by atoms with van der Waals surface area (Å²) < 4.78 is 5.26. The van der Waals surface area contributed by atoms with Crippen LogP contribution in [0.25, 0.3) is 0 Å². The topological polar surface area (TPSA) is 100 Å². The molecule has 23 heavy (non-hydrogen) atoms. The summed E-state index contributed by atoms with van der Waals surface area (Å²) in [4.78, 5) is 35.2. The molecule has 0 unspecified atom stereocenters. The third-order valence-corrected chi connectivity index (χ3v) is 3.15. The molecule has 0 bridgehead atoms. The Morgan fingerprint density at radius 2 is 1.78 bits per heavy atom. The van der Waals surface area contributed by atoms with E-state index in [9.17, 15) is 14.4 Å². The Morgan fingerprint density at radius 3 is 2.30 bits per heavy atom. The molecule has 0 atom stereocenters. The van der Waals surface area contributed by atoms with Crippen LogP contribution in [0.2, 0.25) is 0 Å². The number of carbonyl (C=O) groups excluding carboxylic acids is 3. The van der Waals surface area contributed by atoms with Gasteiger partial charge in [-0.2, -0.15) is 0 Å². The third kappa shape index (κ3) is 6.14. The number of hydrogen-bond acceptors (Lipinski definition) is 4. The molecule has 128 valence electrons. The van der Waals surface area contributed by atoms with Gasteiger partial charge < -0.3 is 9.73 Å². The number of furan rings is 1. The molecule has 0 aliphatic carbocycles. The van der Waals surface area contributed by atoms with Crippen LogP contribution in [-0.4, -0.2) is 24.3 Å². The van der Waals surface area contributed by atoms with Gasteiger partial charge in [0.25, 0.3) is 5.91 Å². The largest absolute Gasteiger partial charge is 0.466 e. The third-order valence-electron chi connectivity index (χ3n) is 3.15. The second-order valence-corrected chi connectivity index (χ2v) is 6.44. The van der Waals surface area contributed by atoms with E-state index in [2.05, 4.69) is 16.2 Å². The van der Waals surface area contributed by atoms with Crippen LogP contribution in [0.1, 0.15) is 55.5 Å². The molecule has 0 aromatic carbocycles. The summed E-state index contributed by atoms with van der Waals surface area (Å²) in [6.45, 7) is 9.31. The van der Waals surface area contributed by atoms with Crippen molar-refractivity contribution in [3.8, 4) is 0 Å². The Kier molecular flexibility index (Phi) is 6.36. The van der Waals surface area contributed by atoms with Crippen LogP contribution < -0.4 is 16.2 Å². The van der Waals surface area contributed by atoms with Gasteiger partial charge in [-0.3, -0.25) is 25.2 Å². The molecule has 3 N–H and O–H groups in total. The first kappa shape index (κ1) is 18.7. The van der Waals surface area contributed by atoms with Crippen LogP contribution in [0.5, 0.6) is 0 Å². The maximum atomic E-state index is 11.9. The molecule has 7 heteroatoms. The fourth-order valence-electron chi connectivity index (χ4n) is 1.83. The molecule has 0 spiro atoms. The first-order chi connectivity index (χ1) is 10.6. The SMILES string of the molecule is Cc1cc(C(=O)NNC(=O)CCCNC(=O)C(C)(C)C)c(C)o1. The standard InChI is InChI=1S/C16H25N3O4/c1-10-9-12(11(2)23-10)14(21)19-18-13(20)7-6-8-17-15(22)16(3,4)5/h9H,6-8H2,1-5H3,(H,17,22)(H,18,20)(H,19,21). The number of nitrogens with one attached hydrogen (secondary N) is 3. The minimum absolute atomic E-state index is 0.0583. The van der Waals surface area contributed by atoms with Gasteiger partial charge in [0.05, 0.1) is 5.56 Å². The molecule has 0 radical (unpaired) electrons. The number of hydrogen-bond donors (Lipinski definition) is 3. The zero-order valence-corrected chi connectivity index (χ0v) is 14.3. The van der Waals surface area contributed by atoms with E-state index in [0.29, 0.717) is 30.0 Å². The normalized spacial score (nSPS) is 11.0. The highest BCUT2D eigenvalue weighted by Gasteiger charge is 2.20. The van der Waals surface area contributed by atoms with Crippen molar-refractivity contribution in [3.63, 3.8) is 0 Å². The van der Waals surface area contributed by atoms with Crippen LogP contribution in [-0.2, 0) is 9.59 Å². The summed E-state index contributed by atoms with van der Waals surface area (Å²) in [5.74, 6) is 0.333. The molecule has 1 heterocycles. The summed E-state index contributed by atoms with van der Waals surface area (Å²) >= 11 is 0. The number of aryl methyl sites for hydroxylation is 2. The Morgan fingerprint density at radius 1 is 1.13 bits per heavy atom. The highest BCUT2D eigenvalue weighted by Crippen LogP contribution is 2.13. The van der Waals surface area contributed by atoms with Gasteiger partial charge in [0.15, 0.2) is 0 Å². The van der Waals surface area contributed by atoms with Crippen molar-refractivity contribution in [2.75, 3.05) is 6.54 Å². The van der Waals surface area contributed by atoms with Gasteiger partial charge in [-0.25, -0.2) is 0 Å². The van der Waals surface area contributed by atoms with Crippen molar-refractivity contribution < 1.29 is 18.8 Å². The Hall–Kier alpha value is -2.31. The molecule has 1 rings (SSSR count). The van der Waals surface area contributed by atoms with Crippen molar-refractivity contribution in [1.29, 1.82) is 0 Å². The van der Waals surface area contributed by atoms with Gasteiger partial charge in [-0.1, -0.05) is 20.8 Å². The van der Waals surface area contributed by atoms with E-state index in [4.69, 9.17) is 4.42 Å². The first-order valence-electron chi connectivity index (χ1n) is 7.56. The summed E-state index contributed by atoms with van der Waals surface area (Å²) in [5, 5.41) is 2.76. The van der Waals surface area contributed by atoms with Crippen molar-refractivity contribution in [3.05, 3.63) is 23.2 Å². The summed E-state index contributed by atoms with van der Waals surface area (Å²) in [6.07, 6.45) is 0.696. The highest BCUT2D eigenvalue weighted by atomic mass is 16.3. The van der Waals surface area contributed by atoms with E-state index >= 15 is 0 Å². The average Bonchev–Trinajstić information content (AvgIpc) is 2.78. The fraction of sp³-hybridized carbons (Fsp3) is 0.562. The van der Waals surface area contributed by atoms with E-state index < -0.39 is 11.3 Å². The van der Waals surface area contributed by atoms with Crippen LogP contribution in [0.3, 0.4) is 0 Å². The predicted octanol–water partition coefficient (Wildman–Crippen LogP) is 1.60. The van der Waals surface area contributed by atoms with E-state index in [1.807, 2.05) is 20.8 Å².